The second kappa shape index (κ2) is 6.02. The fourth-order valence-corrected chi connectivity index (χ4v) is 2.97. The van der Waals surface area contributed by atoms with E-state index in [0.717, 1.165) is 35.1 Å². The molecule has 0 N–H and O–H groups in total. The van der Waals surface area contributed by atoms with Crippen molar-refractivity contribution in [1.82, 2.24) is 14.5 Å². The predicted octanol–water partition coefficient (Wildman–Crippen LogP) is 3.47. The standard InChI is InChI=1S/C16H18BrN3O/c1-2-19-11-13(17)8-15(19)16(21)20(14-5-6-14)10-12-4-3-7-18-9-12/h3-4,7-9,11,14H,2,5-6,10H2,1H3. The van der Waals surface area contributed by atoms with Crippen molar-refractivity contribution in [3.63, 3.8) is 0 Å². The maximum absolute atomic E-state index is 12.9. The topological polar surface area (TPSA) is 38.1 Å². The first-order valence-corrected chi connectivity index (χ1v) is 8.04. The molecule has 1 fully saturated rings. The van der Waals surface area contributed by atoms with Gasteiger partial charge in [-0.15, -0.1) is 0 Å². The Balaban J connectivity index is 1.85. The third-order valence-corrected chi connectivity index (χ3v) is 4.18. The molecule has 2 heterocycles. The lowest BCUT2D eigenvalue weighted by molar-refractivity contribution is 0.0719. The number of aromatic nitrogens is 2. The molecule has 0 bridgehead atoms. The van der Waals surface area contributed by atoms with Crippen molar-refractivity contribution in [1.29, 1.82) is 0 Å². The number of hydrogen-bond donors (Lipinski definition) is 0. The highest BCUT2D eigenvalue weighted by Crippen LogP contribution is 2.30. The van der Waals surface area contributed by atoms with Crippen LogP contribution in [0.4, 0.5) is 0 Å². The third kappa shape index (κ3) is 3.18. The van der Waals surface area contributed by atoms with E-state index in [4.69, 9.17) is 0 Å². The van der Waals surface area contributed by atoms with E-state index in [0.29, 0.717) is 12.6 Å². The van der Waals surface area contributed by atoms with E-state index in [2.05, 4.69) is 20.9 Å². The fraction of sp³-hybridized carbons (Fsp3) is 0.375. The van der Waals surface area contributed by atoms with Crippen LogP contribution in [-0.4, -0.2) is 26.4 Å². The van der Waals surface area contributed by atoms with Gasteiger partial charge in [0.2, 0.25) is 0 Å². The molecule has 0 spiro atoms. The molecule has 0 radical (unpaired) electrons. The Kier molecular flexibility index (Phi) is 4.10. The van der Waals surface area contributed by atoms with Gasteiger partial charge in [-0.05, 0) is 53.4 Å². The molecule has 2 aromatic heterocycles. The van der Waals surface area contributed by atoms with Crippen molar-refractivity contribution >= 4 is 21.8 Å². The first kappa shape index (κ1) is 14.3. The Morgan fingerprint density at radius 2 is 2.33 bits per heavy atom. The lowest BCUT2D eigenvalue weighted by Gasteiger charge is -2.23. The normalized spacial score (nSPS) is 14.2. The summed E-state index contributed by atoms with van der Waals surface area (Å²) >= 11 is 3.46. The molecule has 1 saturated carbocycles. The molecule has 110 valence electrons. The summed E-state index contributed by atoms with van der Waals surface area (Å²) in [4.78, 5) is 19.0. The largest absolute Gasteiger partial charge is 0.343 e. The molecule has 5 heteroatoms. The molecule has 0 unspecified atom stereocenters. The van der Waals surface area contributed by atoms with Crippen LogP contribution in [0.2, 0.25) is 0 Å². The summed E-state index contributed by atoms with van der Waals surface area (Å²) in [6.45, 7) is 3.47. The van der Waals surface area contributed by atoms with E-state index in [1.54, 1.807) is 6.20 Å². The van der Waals surface area contributed by atoms with Gasteiger partial charge in [-0.2, -0.15) is 0 Å². The Hall–Kier alpha value is -1.62. The minimum absolute atomic E-state index is 0.105. The molecule has 1 amide bonds. The Labute approximate surface area is 132 Å². The van der Waals surface area contributed by atoms with Gasteiger partial charge in [0.05, 0.1) is 0 Å². The van der Waals surface area contributed by atoms with Crippen molar-refractivity contribution in [2.45, 2.75) is 38.9 Å². The quantitative estimate of drug-likeness (QED) is 0.830. The van der Waals surface area contributed by atoms with Crippen LogP contribution in [0.3, 0.4) is 0 Å². The second-order valence-electron chi connectivity index (χ2n) is 5.36. The number of carbonyl (C=O) groups is 1. The van der Waals surface area contributed by atoms with E-state index >= 15 is 0 Å². The summed E-state index contributed by atoms with van der Waals surface area (Å²) in [6.07, 6.45) is 7.74. The highest BCUT2D eigenvalue weighted by Gasteiger charge is 2.34. The molecule has 2 aromatic rings. The highest BCUT2D eigenvalue weighted by molar-refractivity contribution is 9.10. The predicted molar refractivity (Wildman–Crippen MR) is 84.9 cm³/mol. The zero-order chi connectivity index (χ0) is 14.8. The SMILES string of the molecule is CCn1cc(Br)cc1C(=O)N(Cc1cccnc1)C1CC1. The number of amides is 1. The first-order valence-electron chi connectivity index (χ1n) is 7.24. The van der Waals surface area contributed by atoms with Crippen LogP contribution in [0.15, 0.2) is 41.3 Å². The molecular weight excluding hydrogens is 330 g/mol. The van der Waals surface area contributed by atoms with Gasteiger partial charge in [-0.1, -0.05) is 6.07 Å². The van der Waals surface area contributed by atoms with Crippen LogP contribution < -0.4 is 0 Å². The monoisotopic (exact) mass is 347 g/mol. The number of aryl methyl sites for hydroxylation is 1. The lowest BCUT2D eigenvalue weighted by atomic mass is 10.2. The molecule has 1 aliphatic rings. The maximum Gasteiger partial charge on any atom is 0.271 e. The number of pyridine rings is 1. The number of rotatable bonds is 5. The van der Waals surface area contributed by atoms with Gasteiger partial charge in [0.1, 0.15) is 5.69 Å². The van der Waals surface area contributed by atoms with E-state index in [1.807, 2.05) is 47.0 Å². The molecule has 0 saturated heterocycles. The van der Waals surface area contributed by atoms with Gasteiger partial charge < -0.3 is 9.47 Å². The third-order valence-electron chi connectivity index (χ3n) is 3.75. The van der Waals surface area contributed by atoms with Crippen LogP contribution in [0, 0.1) is 0 Å². The van der Waals surface area contributed by atoms with Crippen molar-refractivity contribution in [3.8, 4) is 0 Å². The number of nitrogens with zero attached hydrogens (tertiary/aromatic N) is 3. The Morgan fingerprint density at radius 1 is 1.52 bits per heavy atom. The van der Waals surface area contributed by atoms with Crippen molar-refractivity contribution < 1.29 is 4.79 Å². The second-order valence-corrected chi connectivity index (χ2v) is 6.27. The zero-order valence-corrected chi connectivity index (χ0v) is 13.6. The summed E-state index contributed by atoms with van der Waals surface area (Å²) < 4.78 is 2.94. The van der Waals surface area contributed by atoms with Crippen LogP contribution in [0.25, 0.3) is 0 Å². The Morgan fingerprint density at radius 3 is 2.95 bits per heavy atom. The molecule has 0 aliphatic heterocycles. The highest BCUT2D eigenvalue weighted by atomic mass is 79.9. The van der Waals surface area contributed by atoms with Crippen LogP contribution >= 0.6 is 15.9 Å². The summed E-state index contributed by atoms with van der Waals surface area (Å²) in [7, 11) is 0. The van der Waals surface area contributed by atoms with E-state index in [9.17, 15) is 4.79 Å². The molecule has 21 heavy (non-hydrogen) atoms. The van der Waals surface area contributed by atoms with Gasteiger partial charge in [-0.25, -0.2) is 0 Å². The summed E-state index contributed by atoms with van der Waals surface area (Å²) in [5.41, 5.74) is 1.83. The molecular formula is C16H18BrN3O. The fourth-order valence-electron chi connectivity index (χ4n) is 2.50. The van der Waals surface area contributed by atoms with Gasteiger partial charge >= 0.3 is 0 Å². The smallest absolute Gasteiger partial charge is 0.271 e. The number of hydrogen-bond acceptors (Lipinski definition) is 2. The summed E-state index contributed by atoms with van der Waals surface area (Å²) in [6, 6.07) is 6.21. The summed E-state index contributed by atoms with van der Waals surface area (Å²) in [5, 5.41) is 0. The lowest BCUT2D eigenvalue weighted by Crippen LogP contribution is -2.34. The zero-order valence-electron chi connectivity index (χ0n) is 12.0. The number of carbonyl (C=O) groups excluding carboxylic acids is 1. The van der Waals surface area contributed by atoms with Crippen LogP contribution in [0.5, 0.6) is 0 Å². The van der Waals surface area contributed by atoms with Crippen molar-refractivity contribution in [2.75, 3.05) is 0 Å². The molecule has 4 nitrogen and oxygen atoms in total. The van der Waals surface area contributed by atoms with E-state index in [-0.39, 0.29) is 5.91 Å². The van der Waals surface area contributed by atoms with E-state index in [1.165, 1.54) is 0 Å². The average Bonchev–Trinajstić information content (AvgIpc) is 3.27. The summed E-state index contributed by atoms with van der Waals surface area (Å²) in [5.74, 6) is 0.105. The molecule has 1 aliphatic carbocycles. The average molecular weight is 348 g/mol. The van der Waals surface area contributed by atoms with Crippen LogP contribution in [0.1, 0.15) is 35.8 Å². The minimum atomic E-state index is 0.105. The van der Waals surface area contributed by atoms with Crippen molar-refractivity contribution in [2.24, 2.45) is 0 Å². The molecule has 3 rings (SSSR count). The number of halogens is 1. The van der Waals surface area contributed by atoms with E-state index < -0.39 is 0 Å². The maximum atomic E-state index is 12.9. The van der Waals surface area contributed by atoms with Gasteiger partial charge in [0.25, 0.3) is 5.91 Å². The first-order chi connectivity index (χ1) is 10.2. The molecule has 0 atom stereocenters. The van der Waals surface area contributed by atoms with Crippen molar-refractivity contribution in [3.05, 3.63) is 52.5 Å². The molecule has 0 aromatic carbocycles. The van der Waals surface area contributed by atoms with Gasteiger partial charge in [-0.3, -0.25) is 9.78 Å². The Bertz CT molecular complexity index is 634. The van der Waals surface area contributed by atoms with Gasteiger partial charge in [0.15, 0.2) is 0 Å². The van der Waals surface area contributed by atoms with Gasteiger partial charge in [0, 0.05) is 42.2 Å². The van der Waals surface area contributed by atoms with Crippen LogP contribution in [-0.2, 0) is 13.1 Å². The minimum Gasteiger partial charge on any atom is -0.343 e.